The zero-order valence-electron chi connectivity index (χ0n) is 13.7. The molecule has 5 nitrogen and oxygen atoms in total. The third-order valence-electron chi connectivity index (χ3n) is 4.27. The molecule has 1 aliphatic rings. The maximum Gasteiger partial charge on any atom is 0.264 e. The molecule has 2 aromatic heterocycles. The number of aromatic nitrogens is 2. The summed E-state index contributed by atoms with van der Waals surface area (Å²) in [5.74, 6) is 1.06. The van der Waals surface area contributed by atoms with Crippen LogP contribution in [-0.2, 0) is 13.5 Å². The predicted molar refractivity (Wildman–Crippen MR) is 95.5 cm³/mol. The molecule has 1 amide bonds. The van der Waals surface area contributed by atoms with Gasteiger partial charge in [0.25, 0.3) is 5.91 Å². The number of thiophene rings is 1. The summed E-state index contributed by atoms with van der Waals surface area (Å²) < 4.78 is 2.00. The van der Waals surface area contributed by atoms with E-state index >= 15 is 0 Å². The van der Waals surface area contributed by atoms with E-state index in [1.54, 1.807) is 17.5 Å². The maximum absolute atomic E-state index is 13.0. The zero-order valence-corrected chi connectivity index (χ0v) is 15.3. The summed E-state index contributed by atoms with van der Waals surface area (Å²) in [5, 5.41) is 3.37. The normalized spacial score (nSPS) is 17.9. The minimum atomic E-state index is -0.00580. The van der Waals surface area contributed by atoms with E-state index in [0.717, 1.165) is 36.8 Å². The van der Waals surface area contributed by atoms with Crippen molar-refractivity contribution in [2.75, 3.05) is 19.6 Å². The zero-order chi connectivity index (χ0) is 15.7. The van der Waals surface area contributed by atoms with Crippen molar-refractivity contribution in [3.05, 3.63) is 39.6 Å². The van der Waals surface area contributed by atoms with E-state index in [1.807, 2.05) is 22.7 Å². The monoisotopic (exact) mass is 354 g/mol. The number of carbonyl (C=O) groups is 1. The summed E-state index contributed by atoms with van der Waals surface area (Å²) >= 11 is 1.61. The molecule has 1 saturated heterocycles. The van der Waals surface area contributed by atoms with E-state index < -0.39 is 0 Å². The molecule has 0 radical (unpaired) electrons. The Kier molecular flexibility index (Phi) is 5.84. The van der Waals surface area contributed by atoms with Gasteiger partial charge in [0.05, 0.1) is 4.88 Å². The standard InChI is InChI=1S/C16H22N4OS.ClH/c1-4-12-9-14(22-11(12)2)16(21)20-8-5-17-10-13(20)15-18-6-7-19(15)3;/h6-7,9,13,17H,4-5,8,10H2,1-3H3;1H. The number of carbonyl (C=O) groups excluding carboxylic acids is 1. The average molecular weight is 355 g/mol. The van der Waals surface area contributed by atoms with Crippen LogP contribution >= 0.6 is 23.7 Å². The quantitative estimate of drug-likeness (QED) is 0.921. The van der Waals surface area contributed by atoms with Crippen LogP contribution in [0.4, 0.5) is 0 Å². The summed E-state index contributed by atoms with van der Waals surface area (Å²) in [6, 6.07) is 2.05. The first-order valence-electron chi connectivity index (χ1n) is 7.70. The number of halogens is 1. The van der Waals surface area contributed by atoms with E-state index in [1.165, 1.54) is 10.4 Å². The molecule has 3 heterocycles. The first-order chi connectivity index (χ1) is 10.6. The summed E-state index contributed by atoms with van der Waals surface area (Å²) in [5.41, 5.74) is 1.28. The second kappa shape index (κ2) is 7.47. The molecule has 23 heavy (non-hydrogen) atoms. The van der Waals surface area contributed by atoms with Gasteiger partial charge in [-0.2, -0.15) is 0 Å². The van der Waals surface area contributed by atoms with Crippen LogP contribution in [0.1, 0.15) is 38.9 Å². The van der Waals surface area contributed by atoms with Crippen LogP contribution in [0.5, 0.6) is 0 Å². The van der Waals surface area contributed by atoms with Crippen molar-refractivity contribution in [3.63, 3.8) is 0 Å². The Morgan fingerprint density at radius 3 is 2.91 bits per heavy atom. The van der Waals surface area contributed by atoms with Crippen molar-refractivity contribution in [1.82, 2.24) is 19.8 Å². The number of nitrogens with one attached hydrogen (secondary N) is 1. The Balaban J connectivity index is 0.00000192. The number of amides is 1. The second-order valence-electron chi connectivity index (χ2n) is 5.66. The van der Waals surface area contributed by atoms with Gasteiger partial charge in [-0.05, 0) is 25.0 Å². The van der Waals surface area contributed by atoms with Gasteiger partial charge < -0.3 is 14.8 Å². The van der Waals surface area contributed by atoms with Gasteiger partial charge in [0.1, 0.15) is 11.9 Å². The molecular weight excluding hydrogens is 332 g/mol. The molecule has 1 unspecified atom stereocenters. The largest absolute Gasteiger partial charge is 0.336 e. The Bertz CT molecular complexity index is 681. The van der Waals surface area contributed by atoms with Crippen LogP contribution in [-0.4, -0.2) is 40.0 Å². The van der Waals surface area contributed by atoms with E-state index in [-0.39, 0.29) is 24.4 Å². The van der Waals surface area contributed by atoms with Crippen LogP contribution in [0.25, 0.3) is 0 Å². The topological polar surface area (TPSA) is 50.2 Å². The third kappa shape index (κ3) is 3.44. The number of imidazole rings is 1. The highest BCUT2D eigenvalue weighted by Gasteiger charge is 2.31. The summed E-state index contributed by atoms with van der Waals surface area (Å²) in [4.78, 5) is 21.5. The highest BCUT2D eigenvalue weighted by molar-refractivity contribution is 7.14. The first kappa shape index (κ1) is 18.0. The fraction of sp³-hybridized carbons (Fsp3) is 0.500. The van der Waals surface area contributed by atoms with E-state index in [0.29, 0.717) is 0 Å². The van der Waals surface area contributed by atoms with E-state index in [4.69, 9.17) is 0 Å². The van der Waals surface area contributed by atoms with Crippen LogP contribution in [0.15, 0.2) is 18.5 Å². The molecule has 3 rings (SSSR count). The second-order valence-corrected chi connectivity index (χ2v) is 6.92. The van der Waals surface area contributed by atoms with Gasteiger partial charge in [-0.15, -0.1) is 23.7 Å². The molecular formula is C16H23ClN4OS. The minimum Gasteiger partial charge on any atom is -0.336 e. The lowest BCUT2D eigenvalue weighted by atomic mass is 10.1. The van der Waals surface area contributed by atoms with Crippen molar-refractivity contribution in [3.8, 4) is 0 Å². The number of nitrogens with zero attached hydrogens (tertiary/aromatic N) is 3. The molecule has 0 spiro atoms. The summed E-state index contributed by atoms with van der Waals surface area (Å²) in [6.07, 6.45) is 4.69. The Morgan fingerprint density at radius 2 is 2.30 bits per heavy atom. The molecule has 0 aromatic carbocycles. The third-order valence-corrected chi connectivity index (χ3v) is 5.35. The predicted octanol–water partition coefficient (Wildman–Crippen LogP) is 2.56. The van der Waals surface area contributed by atoms with E-state index in [9.17, 15) is 4.79 Å². The number of piperazine rings is 1. The van der Waals surface area contributed by atoms with Gasteiger partial charge in [-0.3, -0.25) is 4.79 Å². The van der Waals surface area contributed by atoms with Crippen LogP contribution in [0.3, 0.4) is 0 Å². The fourth-order valence-corrected chi connectivity index (χ4v) is 4.06. The molecule has 1 fully saturated rings. The average Bonchev–Trinajstić information content (AvgIpc) is 3.12. The van der Waals surface area contributed by atoms with Crippen molar-refractivity contribution in [2.45, 2.75) is 26.3 Å². The highest BCUT2D eigenvalue weighted by atomic mass is 35.5. The molecule has 0 bridgehead atoms. The van der Waals surface area contributed by atoms with Crippen molar-refractivity contribution < 1.29 is 4.79 Å². The van der Waals surface area contributed by atoms with Gasteiger partial charge in [-0.25, -0.2) is 4.98 Å². The molecule has 2 aromatic rings. The number of hydrogen-bond donors (Lipinski definition) is 1. The molecule has 1 N–H and O–H groups in total. The minimum absolute atomic E-state index is 0. The Hall–Kier alpha value is -1.37. The van der Waals surface area contributed by atoms with E-state index in [2.05, 4.69) is 30.2 Å². The van der Waals surface area contributed by atoms with Crippen LogP contribution < -0.4 is 5.32 Å². The summed E-state index contributed by atoms with van der Waals surface area (Å²) in [7, 11) is 1.98. The lowest BCUT2D eigenvalue weighted by molar-refractivity contribution is 0.0626. The fourth-order valence-electron chi connectivity index (χ4n) is 2.99. The van der Waals surface area contributed by atoms with Crippen LogP contribution in [0, 0.1) is 6.92 Å². The number of rotatable bonds is 3. The van der Waals surface area contributed by atoms with Gasteiger partial charge in [0.2, 0.25) is 0 Å². The van der Waals surface area contributed by atoms with Gasteiger partial charge >= 0.3 is 0 Å². The van der Waals surface area contributed by atoms with Gasteiger partial charge in [-0.1, -0.05) is 6.92 Å². The summed E-state index contributed by atoms with van der Waals surface area (Å²) in [6.45, 7) is 6.52. The van der Waals surface area contributed by atoms with Gasteiger partial charge in [0.15, 0.2) is 0 Å². The molecule has 1 aliphatic heterocycles. The highest BCUT2D eigenvalue weighted by Crippen LogP contribution is 2.27. The lowest BCUT2D eigenvalue weighted by Gasteiger charge is -2.35. The van der Waals surface area contributed by atoms with Crippen LogP contribution in [0.2, 0.25) is 0 Å². The van der Waals surface area contributed by atoms with Crippen molar-refractivity contribution >= 4 is 29.7 Å². The Morgan fingerprint density at radius 1 is 1.52 bits per heavy atom. The smallest absolute Gasteiger partial charge is 0.264 e. The maximum atomic E-state index is 13.0. The lowest BCUT2D eigenvalue weighted by Crippen LogP contribution is -2.49. The first-order valence-corrected chi connectivity index (χ1v) is 8.51. The molecule has 1 atom stereocenters. The molecule has 0 saturated carbocycles. The van der Waals surface area contributed by atoms with Gasteiger partial charge in [0, 0.05) is 44.0 Å². The Labute approximate surface area is 147 Å². The molecule has 7 heteroatoms. The molecule has 126 valence electrons. The number of hydrogen-bond acceptors (Lipinski definition) is 4. The SMILES string of the molecule is CCc1cc(C(=O)N2CCNCC2c2nccn2C)sc1C.Cl. The van der Waals surface area contributed by atoms with Crippen molar-refractivity contribution in [1.29, 1.82) is 0 Å². The van der Waals surface area contributed by atoms with Crippen molar-refractivity contribution in [2.24, 2.45) is 7.05 Å². The molecule has 0 aliphatic carbocycles. The number of aryl methyl sites for hydroxylation is 3.